The molecule has 0 unspecified atom stereocenters. The van der Waals surface area contributed by atoms with Crippen LogP contribution >= 0.6 is 0 Å². The second kappa shape index (κ2) is 7.44. The van der Waals surface area contributed by atoms with E-state index in [-0.39, 0.29) is 25.0 Å². The number of rotatable bonds is 6. The number of hydrogen-bond donors (Lipinski definition) is 1. The van der Waals surface area contributed by atoms with Crippen LogP contribution in [-0.2, 0) is 6.54 Å². The number of likely N-dealkylation sites (N-methyl/N-ethyl adjacent to an activating group) is 1. The topological polar surface area (TPSA) is 74.9 Å². The van der Waals surface area contributed by atoms with Crippen molar-refractivity contribution in [2.45, 2.75) is 19.4 Å². The normalized spacial score (nSPS) is 15.6. The first-order valence-electron chi connectivity index (χ1n) is 9.18. The molecule has 27 heavy (non-hydrogen) atoms. The standard InChI is InChI=1S/C20H23N3O4/c1-22(11-14-4-5-18-19(8-14)27-13-26-18)12-17(24)15-9-16(21-10-15)20(25)23-6-2-3-7-23/h4-5,8-10,21H,2-3,6-7,11-13H2,1H3. The number of aromatic nitrogens is 1. The zero-order valence-corrected chi connectivity index (χ0v) is 15.4. The van der Waals surface area contributed by atoms with Crippen LogP contribution in [-0.4, -0.2) is 59.9 Å². The fourth-order valence-corrected chi connectivity index (χ4v) is 3.51. The highest BCUT2D eigenvalue weighted by molar-refractivity contribution is 6.01. The number of nitrogens with zero attached hydrogens (tertiary/aromatic N) is 2. The number of benzene rings is 1. The molecular formula is C20H23N3O4. The lowest BCUT2D eigenvalue weighted by Gasteiger charge is -2.15. The average Bonchev–Trinajstić information content (AvgIpc) is 3.40. The summed E-state index contributed by atoms with van der Waals surface area (Å²) >= 11 is 0. The van der Waals surface area contributed by atoms with Crippen molar-refractivity contribution in [2.24, 2.45) is 0 Å². The van der Waals surface area contributed by atoms with Gasteiger partial charge in [0.05, 0.1) is 6.54 Å². The fraction of sp³-hybridized carbons (Fsp3) is 0.400. The molecule has 4 rings (SSSR count). The van der Waals surface area contributed by atoms with Gasteiger partial charge in [0, 0.05) is 31.4 Å². The smallest absolute Gasteiger partial charge is 0.270 e. The number of aromatic amines is 1. The minimum atomic E-state index is -0.0275. The maximum absolute atomic E-state index is 12.6. The molecule has 3 heterocycles. The van der Waals surface area contributed by atoms with Crippen LogP contribution in [0, 0.1) is 0 Å². The van der Waals surface area contributed by atoms with Crippen molar-refractivity contribution in [2.75, 3.05) is 33.5 Å². The van der Waals surface area contributed by atoms with Crippen LogP contribution in [0.5, 0.6) is 11.5 Å². The Balaban J connectivity index is 1.35. The minimum absolute atomic E-state index is 0.0186. The van der Waals surface area contributed by atoms with Gasteiger partial charge in [-0.2, -0.15) is 0 Å². The zero-order valence-electron chi connectivity index (χ0n) is 15.4. The van der Waals surface area contributed by atoms with E-state index in [0.29, 0.717) is 17.8 Å². The minimum Gasteiger partial charge on any atom is -0.454 e. The number of carbonyl (C=O) groups is 2. The van der Waals surface area contributed by atoms with Gasteiger partial charge in [-0.1, -0.05) is 6.07 Å². The quantitative estimate of drug-likeness (QED) is 0.791. The molecule has 2 aliphatic heterocycles. The number of likely N-dealkylation sites (tertiary alicyclic amines) is 1. The Hall–Kier alpha value is -2.80. The lowest BCUT2D eigenvalue weighted by Crippen LogP contribution is -2.28. The third-order valence-electron chi connectivity index (χ3n) is 4.93. The van der Waals surface area contributed by atoms with E-state index in [1.54, 1.807) is 12.3 Å². The van der Waals surface area contributed by atoms with Crippen LogP contribution in [0.2, 0.25) is 0 Å². The Morgan fingerprint density at radius 2 is 1.93 bits per heavy atom. The SMILES string of the molecule is CN(CC(=O)c1c[nH]c(C(=O)N2CCCC2)c1)Cc1ccc2c(c1)OCO2. The fourth-order valence-electron chi connectivity index (χ4n) is 3.51. The molecule has 1 N–H and O–H groups in total. The average molecular weight is 369 g/mol. The van der Waals surface area contributed by atoms with E-state index in [9.17, 15) is 9.59 Å². The van der Waals surface area contributed by atoms with E-state index in [0.717, 1.165) is 43.0 Å². The first-order valence-corrected chi connectivity index (χ1v) is 9.18. The van der Waals surface area contributed by atoms with Crippen molar-refractivity contribution in [1.29, 1.82) is 0 Å². The molecule has 7 nitrogen and oxygen atoms in total. The van der Waals surface area contributed by atoms with Crippen LogP contribution in [0.25, 0.3) is 0 Å². The molecule has 2 aliphatic rings. The second-order valence-corrected chi connectivity index (χ2v) is 7.08. The zero-order chi connectivity index (χ0) is 18.8. The molecule has 0 aliphatic carbocycles. The lowest BCUT2D eigenvalue weighted by atomic mass is 10.1. The van der Waals surface area contributed by atoms with E-state index in [2.05, 4.69) is 4.98 Å². The summed E-state index contributed by atoms with van der Waals surface area (Å²) in [4.78, 5) is 31.7. The Bertz CT molecular complexity index is 855. The van der Waals surface area contributed by atoms with Gasteiger partial charge in [-0.15, -0.1) is 0 Å². The number of H-pyrrole nitrogens is 1. The molecule has 1 saturated heterocycles. The Morgan fingerprint density at radius 1 is 1.15 bits per heavy atom. The van der Waals surface area contributed by atoms with Gasteiger partial charge in [0.15, 0.2) is 17.3 Å². The van der Waals surface area contributed by atoms with Crippen molar-refractivity contribution in [1.82, 2.24) is 14.8 Å². The molecule has 1 fully saturated rings. The molecule has 7 heteroatoms. The number of nitrogens with one attached hydrogen (secondary N) is 1. The monoisotopic (exact) mass is 369 g/mol. The maximum Gasteiger partial charge on any atom is 0.270 e. The van der Waals surface area contributed by atoms with Gasteiger partial charge in [-0.3, -0.25) is 14.5 Å². The summed E-state index contributed by atoms with van der Waals surface area (Å²) in [7, 11) is 1.89. The van der Waals surface area contributed by atoms with Crippen LogP contribution in [0.3, 0.4) is 0 Å². The van der Waals surface area contributed by atoms with Crippen LogP contribution < -0.4 is 9.47 Å². The molecule has 0 spiro atoms. The van der Waals surface area contributed by atoms with E-state index in [4.69, 9.17) is 9.47 Å². The molecule has 0 saturated carbocycles. The van der Waals surface area contributed by atoms with E-state index >= 15 is 0 Å². The number of fused-ring (bicyclic) bond motifs is 1. The van der Waals surface area contributed by atoms with E-state index in [1.807, 2.05) is 35.0 Å². The lowest BCUT2D eigenvalue weighted by molar-refractivity contribution is 0.0787. The highest BCUT2D eigenvalue weighted by Gasteiger charge is 2.22. The Labute approximate surface area is 157 Å². The molecule has 0 atom stereocenters. The van der Waals surface area contributed by atoms with Gasteiger partial charge in [-0.05, 0) is 43.7 Å². The highest BCUT2D eigenvalue weighted by Crippen LogP contribution is 2.32. The summed E-state index contributed by atoms with van der Waals surface area (Å²) in [5, 5.41) is 0. The van der Waals surface area contributed by atoms with Crippen molar-refractivity contribution < 1.29 is 19.1 Å². The van der Waals surface area contributed by atoms with Gasteiger partial charge >= 0.3 is 0 Å². The molecule has 1 aromatic heterocycles. The third-order valence-corrected chi connectivity index (χ3v) is 4.93. The van der Waals surface area contributed by atoms with E-state index in [1.165, 1.54) is 0 Å². The molecule has 0 radical (unpaired) electrons. The Morgan fingerprint density at radius 3 is 2.74 bits per heavy atom. The van der Waals surface area contributed by atoms with Crippen LogP contribution in [0.1, 0.15) is 39.3 Å². The first kappa shape index (κ1) is 17.6. The van der Waals surface area contributed by atoms with Crippen molar-refractivity contribution in [3.63, 3.8) is 0 Å². The van der Waals surface area contributed by atoms with Crippen molar-refractivity contribution in [3.8, 4) is 11.5 Å². The van der Waals surface area contributed by atoms with Gasteiger partial charge in [0.25, 0.3) is 5.91 Å². The largest absolute Gasteiger partial charge is 0.454 e. The van der Waals surface area contributed by atoms with Crippen LogP contribution in [0.15, 0.2) is 30.5 Å². The molecule has 0 bridgehead atoms. The van der Waals surface area contributed by atoms with Crippen molar-refractivity contribution >= 4 is 11.7 Å². The van der Waals surface area contributed by atoms with Gasteiger partial charge in [0.1, 0.15) is 5.69 Å². The number of amides is 1. The predicted molar refractivity (Wildman–Crippen MR) is 99.2 cm³/mol. The summed E-state index contributed by atoms with van der Waals surface area (Å²) < 4.78 is 10.7. The Kier molecular flexibility index (Phi) is 4.85. The first-order chi connectivity index (χ1) is 13.1. The number of Topliss-reactive ketones (excluding diaryl/α,β-unsaturated/α-hetero) is 1. The number of carbonyl (C=O) groups excluding carboxylic acids is 2. The second-order valence-electron chi connectivity index (χ2n) is 7.08. The number of ether oxygens (including phenoxy) is 2. The predicted octanol–water partition coefficient (Wildman–Crippen LogP) is 2.29. The molecule has 142 valence electrons. The van der Waals surface area contributed by atoms with E-state index < -0.39 is 0 Å². The maximum atomic E-state index is 12.6. The number of ketones is 1. The molecule has 1 aromatic carbocycles. The van der Waals surface area contributed by atoms with Crippen molar-refractivity contribution in [3.05, 3.63) is 47.3 Å². The number of hydrogen-bond acceptors (Lipinski definition) is 5. The highest BCUT2D eigenvalue weighted by atomic mass is 16.7. The summed E-state index contributed by atoms with van der Waals surface area (Å²) in [5.41, 5.74) is 2.07. The molecule has 2 aromatic rings. The summed E-state index contributed by atoms with van der Waals surface area (Å²) in [6.07, 6.45) is 3.71. The van der Waals surface area contributed by atoms with Gasteiger partial charge in [-0.25, -0.2) is 0 Å². The van der Waals surface area contributed by atoms with Gasteiger partial charge in [0.2, 0.25) is 6.79 Å². The third kappa shape index (κ3) is 3.83. The molecular weight excluding hydrogens is 346 g/mol. The summed E-state index contributed by atoms with van der Waals surface area (Å²) in [6, 6.07) is 7.46. The van der Waals surface area contributed by atoms with Gasteiger partial charge < -0.3 is 19.4 Å². The van der Waals surface area contributed by atoms with Crippen LogP contribution in [0.4, 0.5) is 0 Å². The summed E-state index contributed by atoms with van der Waals surface area (Å²) in [5.74, 6) is 1.44. The summed E-state index contributed by atoms with van der Waals surface area (Å²) in [6.45, 7) is 2.72. The molecule has 1 amide bonds.